The Morgan fingerprint density at radius 1 is 1.30 bits per heavy atom. The Balaban J connectivity index is 0.00000192. The predicted octanol–water partition coefficient (Wildman–Crippen LogP) is 4.43. The number of hydrogen-bond donors (Lipinski definition) is 2. The molecule has 126 valence electrons. The van der Waals surface area contributed by atoms with Gasteiger partial charge in [0.2, 0.25) is 0 Å². The van der Waals surface area contributed by atoms with Gasteiger partial charge in [-0.15, -0.1) is 23.7 Å². The van der Waals surface area contributed by atoms with Crippen LogP contribution in [0.4, 0.5) is 0 Å². The molecular weight excluding hydrogens is 328 g/mol. The summed E-state index contributed by atoms with van der Waals surface area (Å²) < 4.78 is 0. The zero-order chi connectivity index (χ0) is 15.5. The van der Waals surface area contributed by atoms with Crippen molar-refractivity contribution >= 4 is 23.7 Å². The second-order valence-electron chi connectivity index (χ2n) is 6.14. The number of rotatable bonds is 5. The lowest BCUT2D eigenvalue weighted by molar-refractivity contribution is 0.527. The van der Waals surface area contributed by atoms with Crippen LogP contribution in [-0.2, 0) is 13.0 Å². The molecule has 0 aliphatic heterocycles. The van der Waals surface area contributed by atoms with Gasteiger partial charge < -0.3 is 10.3 Å². The van der Waals surface area contributed by atoms with Crippen molar-refractivity contribution in [3.8, 4) is 10.4 Å². The molecule has 0 amide bonds. The zero-order valence-electron chi connectivity index (χ0n) is 13.8. The Labute approximate surface area is 147 Å². The third-order valence-electron chi connectivity index (χ3n) is 4.54. The number of nitrogens with one attached hydrogen (secondary N) is 2. The number of H-pyrrole nitrogens is 1. The third-order valence-corrected chi connectivity index (χ3v) is 5.66. The summed E-state index contributed by atoms with van der Waals surface area (Å²) in [4.78, 5) is 17.4. The van der Waals surface area contributed by atoms with Gasteiger partial charge in [0.15, 0.2) is 0 Å². The first-order valence-electron chi connectivity index (χ1n) is 8.22. The lowest BCUT2D eigenvalue weighted by atomic mass is 10.1. The smallest absolute Gasteiger partial charge is 0.251 e. The summed E-state index contributed by atoms with van der Waals surface area (Å²) in [7, 11) is 0. The molecule has 3 rings (SSSR count). The summed E-state index contributed by atoms with van der Waals surface area (Å²) in [6, 6.07) is 7.13. The lowest BCUT2D eigenvalue weighted by Gasteiger charge is -2.10. The first-order chi connectivity index (χ1) is 10.7. The second kappa shape index (κ2) is 8.13. The van der Waals surface area contributed by atoms with Gasteiger partial charge in [0.25, 0.3) is 5.56 Å². The Kier molecular flexibility index (Phi) is 6.45. The average Bonchev–Trinajstić information content (AvgIpc) is 3.17. The zero-order valence-corrected chi connectivity index (χ0v) is 15.4. The molecule has 2 aromatic rings. The predicted molar refractivity (Wildman–Crippen MR) is 101 cm³/mol. The number of thiophene rings is 1. The number of halogens is 1. The first kappa shape index (κ1) is 18.2. The van der Waals surface area contributed by atoms with Crippen LogP contribution >= 0.6 is 23.7 Å². The highest BCUT2D eigenvalue weighted by Crippen LogP contribution is 2.30. The van der Waals surface area contributed by atoms with E-state index in [1.807, 2.05) is 31.3 Å². The minimum Gasteiger partial charge on any atom is -0.326 e. The van der Waals surface area contributed by atoms with Crippen molar-refractivity contribution in [3.63, 3.8) is 0 Å². The molecule has 0 bridgehead atoms. The Bertz CT molecular complexity index is 701. The third kappa shape index (κ3) is 4.25. The summed E-state index contributed by atoms with van der Waals surface area (Å²) in [5.74, 6) is 0. The quantitative estimate of drug-likeness (QED) is 0.836. The van der Waals surface area contributed by atoms with Gasteiger partial charge in [-0.05, 0) is 44.4 Å². The van der Waals surface area contributed by atoms with Gasteiger partial charge in [-0.1, -0.05) is 19.8 Å². The van der Waals surface area contributed by atoms with E-state index in [4.69, 9.17) is 0 Å². The number of pyridine rings is 1. The molecule has 2 aromatic heterocycles. The SMILES string of the molecule is CCc1cc(-c2ccc(CNC3CCCC3)s2)c(C)[nH]c1=O.Cl. The molecule has 0 aromatic carbocycles. The Morgan fingerprint density at radius 3 is 2.74 bits per heavy atom. The minimum absolute atomic E-state index is 0. The van der Waals surface area contributed by atoms with Gasteiger partial charge >= 0.3 is 0 Å². The van der Waals surface area contributed by atoms with Crippen LogP contribution < -0.4 is 10.9 Å². The maximum absolute atomic E-state index is 11.8. The Hall–Kier alpha value is -1.10. The van der Waals surface area contributed by atoms with Gasteiger partial charge in [-0.2, -0.15) is 0 Å². The molecule has 1 fully saturated rings. The second-order valence-corrected chi connectivity index (χ2v) is 7.31. The molecule has 0 atom stereocenters. The van der Waals surface area contributed by atoms with Crippen LogP contribution in [0.25, 0.3) is 10.4 Å². The van der Waals surface area contributed by atoms with Crippen LogP contribution in [0.3, 0.4) is 0 Å². The van der Waals surface area contributed by atoms with Gasteiger partial charge in [0.1, 0.15) is 0 Å². The van der Waals surface area contributed by atoms with E-state index in [2.05, 4.69) is 22.4 Å². The molecule has 0 radical (unpaired) electrons. The molecule has 1 saturated carbocycles. The fourth-order valence-corrected chi connectivity index (χ4v) is 4.21. The van der Waals surface area contributed by atoms with Crippen molar-refractivity contribution in [3.05, 3.63) is 44.7 Å². The molecule has 0 spiro atoms. The summed E-state index contributed by atoms with van der Waals surface area (Å²) >= 11 is 1.82. The molecule has 2 N–H and O–H groups in total. The van der Waals surface area contributed by atoms with Crippen LogP contribution in [0, 0.1) is 6.92 Å². The van der Waals surface area contributed by atoms with E-state index in [0.29, 0.717) is 6.04 Å². The van der Waals surface area contributed by atoms with E-state index in [1.165, 1.54) is 35.4 Å². The van der Waals surface area contributed by atoms with E-state index < -0.39 is 0 Å². The van der Waals surface area contributed by atoms with Gasteiger partial charge in [-0.3, -0.25) is 4.79 Å². The molecule has 2 heterocycles. The number of aromatic nitrogens is 1. The summed E-state index contributed by atoms with van der Waals surface area (Å²) in [6.07, 6.45) is 6.13. The maximum atomic E-state index is 11.8. The maximum Gasteiger partial charge on any atom is 0.251 e. The standard InChI is InChI=1S/C18H24N2OS.ClH/c1-3-13-10-16(12(2)20-18(13)21)17-9-8-15(22-17)11-19-14-6-4-5-7-14;/h8-10,14,19H,3-7,11H2,1-2H3,(H,20,21);1H. The summed E-state index contributed by atoms with van der Waals surface area (Å²) in [5, 5.41) is 3.66. The van der Waals surface area contributed by atoms with Crippen molar-refractivity contribution in [2.45, 2.75) is 58.5 Å². The molecule has 3 nitrogen and oxygen atoms in total. The van der Waals surface area contributed by atoms with Crippen molar-refractivity contribution in [1.82, 2.24) is 10.3 Å². The van der Waals surface area contributed by atoms with Crippen molar-refractivity contribution in [2.24, 2.45) is 0 Å². The van der Waals surface area contributed by atoms with Gasteiger partial charge in [0, 0.05) is 39.2 Å². The molecule has 5 heteroatoms. The van der Waals surface area contributed by atoms with E-state index in [0.717, 1.165) is 29.8 Å². The van der Waals surface area contributed by atoms with Crippen LogP contribution in [0.15, 0.2) is 23.0 Å². The fourth-order valence-electron chi connectivity index (χ4n) is 3.18. The molecule has 1 aliphatic carbocycles. The highest BCUT2D eigenvalue weighted by atomic mass is 35.5. The van der Waals surface area contributed by atoms with E-state index in [-0.39, 0.29) is 18.0 Å². The number of hydrogen-bond acceptors (Lipinski definition) is 3. The Morgan fingerprint density at radius 2 is 2.04 bits per heavy atom. The topological polar surface area (TPSA) is 44.9 Å². The van der Waals surface area contributed by atoms with Gasteiger partial charge in [0.05, 0.1) is 0 Å². The van der Waals surface area contributed by atoms with Crippen molar-refractivity contribution in [1.29, 1.82) is 0 Å². The normalized spacial score (nSPS) is 14.9. The lowest BCUT2D eigenvalue weighted by Crippen LogP contribution is -2.24. The molecule has 0 saturated heterocycles. The summed E-state index contributed by atoms with van der Waals surface area (Å²) in [5.41, 5.74) is 3.02. The van der Waals surface area contributed by atoms with E-state index in [1.54, 1.807) is 0 Å². The molecule has 0 unspecified atom stereocenters. The minimum atomic E-state index is 0. The molecule has 23 heavy (non-hydrogen) atoms. The van der Waals surface area contributed by atoms with Crippen molar-refractivity contribution in [2.75, 3.05) is 0 Å². The van der Waals surface area contributed by atoms with Crippen LogP contribution in [0.2, 0.25) is 0 Å². The highest BCUT2D eigenvalue weighted by Gasteiger charge is 2.15. The van der Waals surface area contributed by atoms with E-state index >= 15 is 0 Å². The average molecular weight is 353 g/mol. The van der Waals surface area contributed by atoms with Gasteiger partial charge in [-0.25, -0.2) is 0 Å². The fraction of sp³-hybridized carbons (Fsp3) is 0.500. The monoisotopic (exact) mass is 352 g/mol. The van der Waals surface area contributed by atoms with Crippen LogP contribution in [-0.4, -0.2) is 11.0 Å². The highest BCUT2D eigenvalue weighted by molar-refractivity contribution is 7.15. The first-order valence-corrected chi connectivity index (χ1v) is 9.04. The largest absolute Gasteiger partial charge is 0.326 e. The summed E-state index contributed by atoms with van der Waals surface area (Å²) in [6.45, 7) is 4.96. The van der Waals surface area contributed by atoms with Crippen LogP contribution in [0.5, 0.6) is 0 Å². The van der Waals surface area contributed by atoms with E-state index in [9.17, 15) is 4.79 Å². The number of aryl methyl sites for hydroxylation is 2. The molecule has 1 aliphatic rings. The number of aromatic amines is 1. The molecular formula is C18H25ClN2OS. The van der Waals surface area contributed by atoms with Crippen LogP contribution in [0.1, 0.15) is 48.7 Å². The van der Waals surface area contributed by atoms with Crippen molar-refractivity contribution < 1.29 is 0 Å².